The third kappa shape index (κ3) is 5.01. The first-order valence-electron chi connectivity index (χ1n) is 8.34. The van der Waals surface area contributed by atoms with Gasteiger partial charge in [-0.3, -0.25) is 4.90 Å². The lowest BCUT2D eigenvalue weighted by molar-refractivity contribution is 0.119. The molecule has 21 heavy (non-hydrogen) atoms. The zero-order valence-electron chi connectivity index (χ0n) is 13.8. The summed E-state index contributed by atoms with van der Waals surface area (Å²) in [4.78, 5) is 2.54. The van der Waals surface area contributed by atoms with Gasteiger partial charge in [0.05, 0.1) is 0 Å². The van der Waals surface area contributed by atoms with E-state index in [0.29, 0.717) is 0 Å². The second-order valence-corrected chi connectivity index (χ2v) is 6.28. The average Bonchev–Trinajstić information content (AvgIpc) is 2.50. The van der Waals surface area contributed by atoms with Crippen LogP contribution in [0.2, 0.25) is 0 Å². The zero-order chi connectivity index (χ0) is 15.1. The molecule has 2 rings (SSSR count). The molecule has 3 heteroatoms. The van der Waals surface area contributed by atoms with Crippen LogP contribution in [-0.2, 0) is 6.54 Å². The fraction of sp³-hybridized carbons (Fsp3) is 0.667. The summed E-state index contributed by atoms with van der Waals surface area (Å²) >= 11 is 0. The number of hydrogen-bond acceptors (Lipinski definition) is 3. The van der Waals surface area contributed by atoms with Crippen LogP contribution in [0.3, 0.4) is 0 Å². The van der Waals surface area contributed by atoms with Crippen LogP contribution in [0, 0.1) is 11.8 Å². The van der Waals surface area contributed by atoms with Crippen molar-refractivity contribution in [1.82, 2.24) is 10.2 Å². The van der Waals surface area contributed by atoms with Gasteiger partial charge in [-0.05, 0) is 37.4 Å². The van der Waals surface area contributed by atoms with Crippen LogP contribution in [0.25, 0.3) is 0 Å². The lowest BCUT2D eigenvalue weighted by atomic mass is 9.89. The van der Waals surface area contributed by atoms with Crippen LogP contribution in [0.1, 0.15) is 32.8 Å². The Morgan fingerprint density at radius 1 is 1.24 bits per heavy atom. The van der Waals surface area contributed by atoms with Gasteiger partial charge in [-0.1, -0.05) is 39.0 Å². The normalized spacial score (nSPS) is 23.2. The van der Waals surface area contributed by atoms with E-state index in [1.54, 1.807) is 0 Å². The van der Waals surface area contributed by atoms with Crippen molar-refractivity contribution in [2.45, 2.75) is 33.7 Å². The van der Waals surface area contributed by atoms with Crippen LogP contribution in [0.15, 0.2) is 24.3 Å². The molecule has 1 aromatic rings. The van der Waals surface area contributed by atoms with E-state index in [1.807, 2.05) is 0 Å². The van der Waals surface area contributed by atoms with Gasteiger partial charge in [0.1, 0.15) is 12.4 Å². The van der Waals surface area contributed by atoms with Crippen LogP contribution in [0.4, 0.5) is 0 Å². The Kier molecular flexibility index (Phi) is 6.52. The highest BCUT2D eigenvalue weighted by Gasteiger charge is 2.22. The van der Waals surface area contributed by atoms with Crippen molar-refractivity contribution in [2.75, 3.05) is 32.8 Å². The van der Waals surface area contributed by atoms with Crippen molar-refractivity contribution >= 4 is 0 Å². The second kappa shape index (κ2) is 8.40. The molecule has 118 valence electrons. The smallest absolute Gasteiger partial charge is 0.123 e. The highest BCUT2D eigenvalue weighted by Crippen LogP contribution is 2.22. The largest absolute Gasteiger partial charge is 0.492 e. The molecule has 1 aromatic carbocycles. The molecule has 0 saturated carbocycles. The predicted molar refractivity (Wildman–Crippen MR) is 88.7 cm³/mol. The van der Waals surface area contributed by atoms with Gasteiger partial charge in [0.15, 0.2) is 0 Å². The summed E-state index contributed by atoms with van der Waals surface area (Å²) in [5.41, 5.74) is 1.25. The number of rotatable bonds is 7. The van der Waals surface area contributed by atoms with Crippen molar-refractivity contribution in [3.8, 4) is 5.75 Å². The molecule has 1 aliphatic rings. The molecule has 1 fully saturated rings. The maximum Gasteiger partial charge on any atom is 0.123 e. The Morgan fingerprint density at radius 2 is 2.05 bits per heavy atom. The van der Waals surface area contributed by atoms with Gasteiger partial charge >= 0.3 is 0 Å². The molecule has 2 unspecified atom stereocenters. The lowest BCUT2D eigenvalue weighted by Crippen LogP contribution is -2.40. The molecule has 0 amide bonds. The van der Waals surface area contributed by atoms with E-state index < -0.39 is 0 Å². The number of para-hydroxylation sites is 1. The SMILES string of the molecule is CCNCc1ccccc1OCCN1CCC(C)C(C)C1. The van der Waals surface area contributed by atoms with Crippen LogP contribution in [0.5, 0.6) is 5.75 Å². The molecule has 1 saturated heterocycles. The predicted octanol–water partition coefficient (Wildman–Crippen LogP) is 3.15. The molecule has 1 heterocycles. The summed E-state index contributed by atoms with van der Waals surface area (Å²) in [6.45, 7) is 13.0. The third-order valence-electron chi connectivity index (χ3n) is 4.62. The number of nitrogens with zero attached hydrogens (tertiary/aromatic N) is 1. The first-order chi connectivity index (χ1) is 10.2. The van der Waals surface area contributed by atoms with E-state index in [9.17, 15) is 0 Å². The standard InChI is InChI=1S/C18H30N2O/c1-4-19-13-17-7-5-6-8-18(17)21-12-11-20-10-9-15(2)16(3)14-20/h5-8,15-16,19H,4,9-14H2,1-3H3. The van der Waals surface area contributed by atoms with Gasteiger partial charge in [0, 0.05) is 25.2 Å². The number of hydrogen-bond donors (Lipinski definition) is 1. The summed E-state index contributed by atoms with van der Waals surface area (Å²) in [6.07, 6.45) is 1.32. The Hall–Kier alpha value is -1.06. The minimum absolute atomic E-state index is 0.782. The number of benzene rings is 1. The minimum Gasteiger partial charge on any atom is -0.492 e. The maximum absolute atomic E-state index is 6.02. The van der Waals surface area contributed by atoms with Gasteiger partial charge in [0.25, 0.3) is 0 Å². The van der Waals surface area contributed by atoms with Crippen molar-refractivity contribution < 1.29 is 4.74 Å². The highest BCUT2D eigenvalue weighted by molar-refractivity contribution is 5.33. The summed E-state index contributed by atoms with van der Waals surface area (Å²) in [6, 6.07) is 8.35. The summed E-state index contributed by atoms with van der Waals surface area (Å²) < 4.78 is 6.02. The van der Waals surface area contributed by atoms with Crippen molar-refractivity contribution in [2.24, 2.45) is 11.8 Å². The molecule has 1 N–H and O–H groups in total. The number of nitrogens with one attached hydrogen (secondary N) is 1. The maximum atomic E-state index is 6.02. The molecule has 0 spiro atoms. The first-order valence-corrected chi connectivity index (χ1v) is 8.34. The lowest BCUT2D eigenvalue weighted by Gasteiger charge is -2.35. The Bertz CT molecular complexity index is 421. The molecule has 3 nitrogen and oxygen atoms in total. The quantitative estimate of drug-likeness (QED) is 0.835. The first kappa shape index (κ1) is 16.3. The van der Waals surface area contributed by atoms with Crippen LogP contribution in [-0.4, -0.2) is 37.7 Å². The van der Waals surface area contributed by atoms with E-state index in [1.165, 1.54) is 25.1 Å². The summed E-state index contributed by atoms with van der Waals surface area (Å²) in [5, 5.41) is 3.36. The van der Waals surface area contributed by atoms with Crippen molar-refractivity contribution in [3.05, 3.63) is 29.8 Å². The molecule has 0 bridgehead atoms. The van der Waals surface area contributed by atoms with Crippen molar-refractivity contribution in [1.29, 1.82) is 0 Å². The van der Waals surface area contributed by atoms with E-state index in [0.717, 1.165) is 43.8 Å². The van der Waals surface area contributed by atoms with Gasteiger partial charge in [-0.25, -0.2) is 0 Å². The van der Waals surface area contributed by atoms with Gasteiger partial charge < -0.3 is 10.1 Å². The molecule has 0 radical (unpaired) electrons. The average molecular weight is 290 g/mol. The Balaban J connectivity index is 1.78. The minimum atomic E-state index is 0.782. The number of piperidine rings is 1. The van der Waals surface area contributed by atoms with E-state index in [4.69, 9.17) is 4.74 Å². The monoisotopic (exact) mass is 290 g/mol. The number of likely N-dealkylation sites (tertiary alicyclic amines) is 1. The Morgan fingerprint density at radius 3 is 2.81 bits per heavy atom. The van der Waals surface area contributed by atoms with E-state index in [2.05, 4.69) is 55.3 Å². The summed E-state index contributed by atoms with van der Waals surface area (Å²) in [5.74, 6) is 2.69. The Labute approximate surface area is 129 Å². The fourth-order valence-corrected chi connectivity index (χ4v) is 2.89. The highest BCUT2D eigenvalue weighted by atomic mass is 16.5. The van der Waals surface area contributed by atoms with E-state index >= 15 is 0 Å². The third-order valence-corrected chi connectivity index (χ3v) is 4.62. The molecular formula is C18H30N2O. The van der Waals surface area contributed by atoms with E-state index in [-0.39, 0.29) is 0 Å². The number of ether oxygens (including phenoxy) is 1. The molecule has 0 aliphatic carbocycles. The van der Waals surface area contributed by atoms with Gasteiger partial charge in [-0.15, -0.1) is 0 Å². The summed E-state index contributed by atoms with van der Waals surface area (Å²) in [7, 11) is 0. The zero-order valence-corrected chi connectivity index (χ0v) is 13.8. The van der Waals surface area contributed by atoms with Gasteiger partial charge in [-0.2, -0.15) is 0 Å². The van der Waals surface area contributed by atoms with Crippen molar-refractivity contribution in [3.63, 3.8) is 0 Å². The molecule has 0 aromatic heterocycles. The fourth-order valence-electron chi connectivity index (χ4n) is 2.89. The van der Waals surface area contributed by atoms with Gasteiger partial charge in [0.2, 0.25) is 0 Å². The molecule has 1 aliphatic heterocycles. The topological polar surface area (TPSA) is 24.5 Å². The molecular weight excluding hydrogens is 260 g/mol. The van der Waals surface area contributed by atoms with Crippen LogP contribution < -0.4 is 10.1 Å². The second-order valence-electron chi connectivity index (χ2n) is 6.28. The van der Waals surface area contributed by atoms with Crippen LogP contribution >= 0.6 is 0 Å². The molecule has 2 atom stereocenters.